The van der Waals surface area contributed by atoms with E-state index in [1.807, 2.05) is 4.90 Å². The molecule has 1 aliphatic carbocycles. The highest BCUT2D eigenvalue weighted by Crippen LogP contribution is 2.35. The highest BCUT2D eigenvalue weighted by molar-refractivity contribution is 5.81. The summed E-state index contributed by atoms with van der Waals surface area (Å²) in [6.07, 6.45) is 1.42. The number of ketones is 1. The third-order valence-corrected chi connectivity index (χ3v) is 7.70. The first-order valence-corrected chi connectivity index (χ1v) is 13.4. The molecule has 0 spiro atoms. The average molecular weight is 527 g/mol. The van der Waals surface area contributed by atoms with Crippen LogP contribution in [0, 0.1) is 11.8 Å². The molecule has 0 radical (unpaired) electrons. The molecule has 6 rings (SSSR count). The number of halogens is 2. The summed E-state index contributed by atoms with van der Waals surface area (Å²) in [4.78, 5) is 28.3. The fourth-order valence-corrected chi connectivity index (χ4v) is 5.62. The number of anilines is 2. The van der Waals surface area contributed by atoms with Gasteiger partial charge in [0.15, 0.2) is 5.82 Å². The van der Waals surface area contributed by atoms with E-state index in [4.69, 9.17) is 19.4 Å². The number of benzene rings is 1. The molecule has 4 heterocycles. The molecule has 38 heavy (non-hydrogen) atoms. The molecule has 2 aromatic heterocycles. The number of fused-ring (bicyclic) bond motifs is 1. The van der Waals surface area contributed by atoms with Gasteiger partial charge in [0, 0.05) is 44.1 Å². The summed E-state index contributed by atoms with van der Waals surface area (Å²) in [5, 5.41) is 3.47. The Balaban J connectivity index is 1.24. The van der Waals surface area contributed by atoms with E-state index in [1.54, 1.807) is 30.3 Å². The lowest BCUT2D eigenvalue weighted by molar-refractivity contribution is -0.128. The summed E-state index contributed by atoms with van der Waals surface area (Å²) < 4.78 is 40.5. The Bertz CT molecular complexity index is 1280. The van der Waals surface area contributed by atoms with Crippen molar-refractivity contribution in [1.82, 2.24) is 19.5 Å². The third-order valence-electron chi connectivity index (χ3n) is 7.70. The van der Waals surface area contributed by atoms with Gasteiger partial charge in [0.2, 0.25) is 5.95 Å². The van der Waals surface area contributed by atoms with Crippen LogP contribution in [0.25, 0.3) is 16.9 Å². The monoisotopic (exact) mass is 526 g/mol. The molecule has 9 nitrogen and oxygen atoms in total. The molecule has 3 aliphatic rings. The highest BCUT2D eigenvalue weighted by atomic mass is 19.3. The number of morpholine rings is 1. The molecule has 1 saturated carbocycles. The molecule has 0 amide bonds. The Morgan fingerprint density at radius 2 is 1.89 bits per heavy atom. The van der Waals surface area contributed by atoms with Crippen molar-refractivity contribution in [2.75, 3.05) is 49.7 Å². The number of alkyl halides is 2. The van der Waals surface area contributed by atoms with Crippen molar-refractivity contribution in [2.45, 2.75) is 44.6 Å². The summed E-state index contributed by atoms with van der Waals surface area (Å²) in [5.74, 6) is 1.71. The number of imidazole rings is 1. The number of carbonyl (C=O) groups excluding carboxylic acids is 1. The average Bonchev–Trinajstić information content (AvgIpc) is 3.33. The summed E-state index contributed by atoms with van der Waals surface area (Å²) in [7, 11) is 0. The third kappa shape index (κ3) is 5.22. The van der Waals surface area contributed by atoms with Crippen molar-refractivity contribution in [2.24, 2.45) is 11.8 Å². The molecule has 3 fully saturated rings. The predicted molar refractivity (Wildman–Crippen MR) is 138 cm³/mol. The lowest BCUT2D eigenvalue weighted by Gasteiger charge is -2.37. The summed E-state index contributed by atoms with van der Waals surface area (Å²) in [5.41, 5.74) is 1.05. The van der Waals surface area contributed by atoms with Crippen LogP contribution in [0.1, 0.15) is 44.4 Å². The number of para-hydroxylation sites is 2. The zero-order valence-electron chi connectivity index (χ0n) is 21.2. The number of rotatable bonds is 8. The van der Waals surface area contributed by atoms with E-state index in [0.717, 1.165) is 32.3 Å². The van der Waals surface area contributed by atoms with E-state index >= 15 is 0 Å². The first-order valence-electron chi connectivity index (χ1n) is 13.4. The Hall–Kier alpha value is -3.18. The second kappa shape index (κ2) is 10.9. The number of ether oxygens (including phenoxy) is 2. The minimum absolute atomic E-state index is 0.0327. The maximum Gasteiger partial charge on any atom is 0.296 e. The van der Waals surface area contributed by atoms with Crippen molar-refractivity contribution in [3.8, 4) is 5.82 Å². The molecule has 202 valence electrons. The Labute approximate surface area is 219 Å². The van der Waals surface area contributed by atoms with Crippen LogP contribution in [0.15, 0.2) is 30.3 Å². The first kappa shape index (κ1) is 25.1. The molecule has 2 aliphatic heterocycles. The van der Waals surface area contributed by atoms with E-state index in [9.17, 15) is 13.6 Å². The highest BCUT2D eigenvalue weighted by Gasteiger charge is 2.34. The first-order chi connectivity index (χ1) is 18.5. The zero-order valence-corrected chi connectivity index (χ0v) is 21.2. The molecule has 3 aromatic rings. The van der Waals surface area contributed by atoms with E-state index in [-0.39, 0.29) is 17.8 Å². The number of hydrogen-bond donors (Lipinski definition) is 1. The van der Waals surface area contributed by atoms with Gasteiger partial charge in [0.25, 0.3) is 6.43 Å². The van der Waals surface area contributed by atoms with Gasteiger partial charge in [0.05, 0.1) is 30.9 Å². The smallest absolute Gasteiger partial charge is 0.296 e. The summed E-state index contributed by atoms with van der Waals surface area (Å²) in [6.45, 7) is 3.64. The van der Waals surface area contributed by atoms with Crippen LogP contribution in [-0.2, 0) is 14.3 Å². The van der Waals surface area contributed by atoms with Gasteiger partial charge in [-0.1, -0.05) is 12.1 Å². The van der Waals surface area contributed by atoms with Crippen molar-refractivity contribution >= 4 is 28.6 Å². The van der Waals surface area contributed by atoms with Gasteiger partial charge in [-0.15, -0.1) is 0 Å². The quantitative estimate of drug-likeness (QED) is 0.468. The van der Waals surface area contributed by atoms with Gasteiger partial charge in [0.1, 0.15) is 17.4 Å². The van der Waals surface area contributed by atoms with Crippen LogP contribution >= 0.6 is 0 Å². The number of nitrogens with zero attached hydrogens (tertiary/aromatic N) is 5. The fourth-order valence-electron chi connectivity index (χ4n) is 5.62. The molecule has 1 atom stereocenters. The lowest BCUT2D eigenvalue weighted by atomic mass is 9.75. The second-order valence-electron chi connectivity index (χ2n) is 10.4. The van der Waals surface area contributed by atoms with Gasteiger partial charge in [-0.2, -0.15) is 9.97 Å². The molecule has 1 N–H and O–H groups in total. The van der Waals surface area contributed by atoms with Crippen molar-refractivity contribution in [3.05, 3.63) is 36.2 Å². The summed E-state index contributed by atoms with van der Waals surface area (Å²) >= 11 is 0. The van der Waals surface area contributed by atoms with E-state index in [2.05, 4.69) is 10.3 Å². The van der Waals surface area contributed by atoms with Crippen molar-refractivity contribution < 1.29 is 23.0 Å². The van der Waals surface area contributed by atoms with Gasteiger partial charge in [-0.3, -0.25) is 9.36 Å². The molecule has 1 aromatic carbocycles. The molecule has 11 heteroatoms. The van der Waals surface area contributed by atoms with Crippen LogP contribution in [0.3, 0.4) is 0 Å². The Kier molecular flexibility index (Phi) is 7.20. The van der Waals surface area contributed by atoms with E-state index < -0.39 is 6.43 Å². The van der Waals surface area contributed by atoms with E-state index in [1.165, 1.54) is 4.57 Å². The van der Waals surface area contributed by atoms with Crippen LogP contribution in [0.4, 0.5) is 20.5 Å². The van der Waals surface area contributed by atoms with Crippen molar-refractivity contribution in [3.63, 3.8) is 0 Å². The fraction of sp³-hybridized carbons (Fsp3) is 0.556. The number of aromatic nitrogens is 4. The van der Waals surface area contributed by atoms with Crippen LogP contribution in [0.5, 0.6) is 0 Å². The van der Waals surface area contributed by atoms with Gasteiger partial charge in [-0.25, -0.2) is 13.8 Å². The second-order valence-corrected chi connectivity index (χ2v) is 10.4. The normalized spacial score (nSPS) is 24.0. The number of nitrogens with one attached hydrogen (secondary N) is 1. The van der Waals surface area contributed by atoms with Crippen molar-refractivity contribution in [1.29, 1.82) is 0 Å². The molecule has 0 bridgehead atoms. The minimum atomic E-state index is -2.76. The summed E-state index contributed by atoms with van der Waals surface area (Å²) in [6, 6.07) is 8.93. The number of hydrogen-bond acceptors (Lipinski definition) is 8. The van der Waals surface area contributed by atoms with Crippen LogP contribution in [0.2, 0.25) is 0 Å². The van der Waals surface area contributed by atoms with E-state index in [0.29, 0.717) is 79.6 Å². The Morgan fingerprint density at radius 3 is 2.66 bits per heavy atom. The number of carbonyl (C=O) groups is 1. The largest absolute Gasteiger partial charge is 0.381 e. The molecular formula is C27H32F2N6O3. The SMILES string of the molecule is O=C(CC1CC(Nc2cc(-n3c(C(F)F)nc4ccccc43)nc(N3CCOCC3)n2)C1)C1CCCOC1. The maximum absolute atomic E-state index is 14.1. The molecular weight excluding hydrogens is 494 g/mol. The minimum Gasteiger partial charge on any atom is -0.381 e. The molecule has 2 saturated heterocycles. The van der Waals surface area contributed by atoms with Gasteiger partial charge in [-0.05, 0) is 43.7 Å². The van der Waals surface area contributed by atoms with Gasteiger partial charge < -0.3 is 19.7 Å². The standard InChI is InChI=1S/C27H32F2N6O3/c28-25(29)26-31-20-5-1-2-6-21(20)35(26)24-15-23(32-27(33-24)34-7-10-37-11-8-34)30-19-12-17(13-19)14-22(36)18-4-3-9-38-16-18/h1-2,5-6,15,17-19,25H,3-4,7-14,16H2,(H,30,32,33). The van der Waals surface area contributed by atoms with Gasteiger partial charge >= 0.3 is 0 Å². The lowest BCUT2D eigenvalue weighted by Crippen LogP contribution is -2.39. The topological polar surface area (TPSA) is 94.4 Å². The molecule has 1 unspecified atom stereocenters. The number of Topliss-reactive ketones (excluding diaryl/α,β-unsaturated/α-hetero) is 1. The predicted octanol–water partition coefficient (Wildman–Crippen LogP) is 4.17. The maximum atomic E-state index is 14.1. The van der Waals surface area contributed by atoms with Crippen LogP contribution in [-0.4, -0.2) is 70.9 Å². The zero-order chi connectivity index (χ0) is 26.1. The Morgan fingerprint density at radius 1 is 1.08 bits per heavy atom. The van der Waals surface area contributed by atoms with Crippen LogP contribution < -0.4 is 10.2 Å².